The van der Waals surface area contributed by atoms with Crippen LogP contribution in [0.1, 0.15) is 55.1 Å². The molecule has 6 nitrogen and oxygen atoms in total. The van der Waals surface area contributed by atoms with E-state index in [-0.39, 0.29) is 11.8 Å². The normalized spacial score (nSPS) is 18.9. The molecule has 1 aromatic rings. The van der Waals surface area contributed by atoms with Crippen molar-refractivity contribution in [3.8, 4) is 0 Å². The van der Waals surface area contributed by atoms with Crippen LogP contribution in [-0.2, 0) is 9.59 Å². The number of thiophene rings is 1. The third-order valence-electron chi connectivity index (χ3n) is 4.26. The number of amides is 2. The van der Waals surface area contributed by atoms with Crippen molar-refractivity contribution in [2.75, 3.05) is 6.54 Å². The molecule has 7 heteroatoms. The molecule has 1 unspecified atom stereocenters. The molecule has 132 valence electrons. The predicted molar refractivity (Wildman–Crippen MR) is 92.1 cm³/mol. The Bertz CT molecular complexity index is 573. The second-order valence-electron chi connectivity index (χ2n) is 6.03. The molecular weight excluding hydrogens is 328 g/mol. The molecule has 2 rings (SSSR count). The van der Waals surface area contributed by atoms with Crippen LogP contribution in [0.25, 0.3) is 0 Å². The van der Waals surface area contributed by atoms with E-state index in [0.717, 1.165) is 25.7 Å². The number of nitrogens with zero attached hydrogens (tertiary/aromatic N) is 1. The Morgan fingerprint density at radius 1 is 1.42 bits per heavy atom. The van der Waals surface area contributed by atoms with E-state index in [1.54, 1.807) is 11.0 Å². The lowest BCUT2D eigenvalue weighted by Crippen LogP contribution is -2.54. The lowest BCUT2D eigenvalue weighted by atomic mass is 10.00. The smallest absolute Gasteiger partial charge is 0.326 e. The standard InChI is InChI=1S/C17H24N2O4S/c1-2-3-7-12(17(22)23)18-15(20)13-8-4-5-10-19(13)16(21)14-9-6-11-24-14/h6,9,11-13H,2-5,7-8,10H2,1H3,(H,18,20)(H,22,23)/t12-,13?/m0/s1. The van der Waals surface area contributed by atoms with Gasteiger partial charge in [-0.2, -0.15) is 0 Å². The quantitative estimate of drug-likeness (QED) is 0.789. The first kappa shape index (κ1) is 18.4. The van der Waals surface area contributed by atoms with Gasteiger partial charge in [0.25, 0.3) is 5.91 Å². The summed E-state index contributed by atoms with van der Waals surface area (Å²) in [6.45, 7) is 2.50. The Kier molecular flexibility index (Phi) is 6.78. The van der Waals surface area contributed by atoms with Gasteiger partial charge in [0, 0.05) is 6.54 Å². The molecule has 24 heavy (non-hydrogen) atoms. The fourth-order valence-electron chi connectivity index (χ4n) is 2.92. The van der Waals surface area contributed by atoms with E-state index in [1.807, 2.05) is 18.4 Å². The van der Waals surface area contributed by atoms with E-state index in [9.17, 15) is 19.5 Å². The Balaban J connectivity index is 2.07. The van der Waals surface area contributed by atoms with Crippen LogP contribution in [0.15, 0.2) is 17.5 Å². The monoisotopic (exact) mass is 352 g/mol. The third-order valence-corrected chi connectivity index (χ3v) is 5.12. The van der Waals surface area contributed by atoms with Gasteiger partial charge >= 0.3 is 5.97 Å². The van der Waals surface area contributed by atoms with Crippen LogP contribution >= 0.6 is 11.3 Å². The molecule has 2 N–H and O–H groups in total. The molecule has 1 aromatic heterocycles. The number of rotatable bonds is 7. The number of unbranched alkanes of at least 4 members (excludes halogenated alkanes) is 1. The van der Waals surface area contributed by atoms with E-state index in [2.05, 4.69) is 5.32 Å². The minimum Gasteiger partial charge on any atom is -0.480 e. The van der Waals surface area contributed by atoms with E-state index < -0.39 is 18.1 Å². The molecule has 0 bridgehead atoms. The van der Waals surface area contributed by atoms with Crippen LogP contribution in [0.4, 0.5) is 0 Å². The molecule has 2 atom stereocenters. The predicted octanol–water partition coefficient (Wildman–Crippen LogP) is 2.50. The number of carboxylic acids is 1. The Morgan fingerprint density at radius 3 is 2.83 bits per heavy atom. The summed E-state index contributed by atoms with van der Waals surface area (Å²) in [7, 11) is 0. The van der Waals surface area contributed by atoms with Gasteiger partial charge in [0.1, 0.15) is 12.1 Å². The van der Waals surface area contributed by atoms with Gasteiger partial charge in [-0.1, -0.05) is 25.8 Å². The van der Waals surface area contributed by atoms with Crippen molar-refractivity contribution in [1.29, 1.82) is 0 Å². The summed E-state index contributed by atoms with van der Waals surface area (Å²) in [4.78, 5) is 38.7. The van der Waals surface area contributed by atoms with Crippen LogP contribution in [0.3, 0.4) is 0 Å². The molecular formula is C17H24N2O4S. The maximum Gasteiger partial charge on any atom is 0.326 e. The highest BCUT2D eigenvalue weighted by molar-refractivity contribution is 7.12. The third kappa shape index (κ3) is 4.56. The highest BCUT2D eigenvalue weighted by Gasteiger charge is 2.34. The van der Waals surface area contributed by atoms with Crippen molar-refractivity contribution in [2.45, 2.75) is 57.5 Å². The lowest BCUT2D eigenvalue weighted by Gasteiger charge is -2.35. The number of hydrogen-bond donors (Lipinski definition) is 2. The number of piperidine rings is 1. The van der Waals surface area contributed by atoms with Gasteiger partial charge in [0.15, 0.2) is 0 Å². The number of aliphatic carboxylic acids is 1. The lowest BCUT2D eigenvalue weighted by molar-refractivity contribution is -0.143. The van der Waals surface area contributed by atoms with Gasteiger partial charge in [0.2, 0.25) is 5.91 Å². The largest absolute Gasteiger partial charge is 0.480 e. The fraction of sp³-hybridized carbons (Fsp3) is 0.588. The molecule has 1 saturated heterocycles. The second-order valence-corrected chi connectivity index (χ2v) is 6.98. The summed E-state index contributed by atoms with van der Waals surface area (Å²) in [6, 6.07) is 2.08. The first-order chi connectivity index (χ1) is 11.5. The summed E-state index contributed by atoms with van der Waals surface area (Å²) >= 11 is 1.35. The summed E-state index contributed by atoms with van der Waals surface area (Å²) in [5, 5.41) is 13.7. The van der Waals surface area contributed by atoms with Gasteiger partial charge in [-0.05, 0) is 37.1 Å². The van der Waals surface area contributed by atoms with Gasteiger partial charge in [0.05, 0.1) is 4.88 Å². The molecule has 0 radical (unpaired) electrons. The van der Waals surface area contributed by atoms with Gasteiger partial charge in [-0.3, -0.25) is 9.59 Å². The highest BCUT2D eigenvalue weighted by atomic mass is 32.1. The number of carboxylic acid groups (broad SMARTS) is 1. The molecule has 1 aliphatic rings. The molecule has 2 heterocycles. The van der Waals surface area contributed by atoms with E-state index in [4.69, 9.17) is 0 Å². The van der Waals surface area contributed by atoms with Crippen molar-refractivity contribution in [3.63, 3.8) is 0 Å². The van der Waals surface area contributed by atoms with Crippen LogP contribution < -0.4 is 5.32 Å². The average molecular weight is 352 g/mol. The first-order valence-electron chi connectivity index (χ1n) is 8.42. The molecule has 2 amide bonds. The number of hydrogen-bond acceptors (Lipinski definition) is 4. The summed E-state index contributed by atoms with van der Waals surface area (Å²) in [6.07, 6.45) is 4.30. The number of carbonyl (C=O) groups is 3. The van der Waals surface area contributed by atoms with E-state index >= 15 is 0 Å². The minimum absolute atomic E-state index is 0.148. The zero-order chi connectivity index (χ0) is 17.5. The highest BCUT2D eigenvalue weighted by Crippen LogP contribution is 2.22. The zero-order valence-electron chi connectivity index (χ0n) is 13.9. The zero-order valence-corrected chi connectivity index (χ0v) is 14.7. The molecule has 0 spiro atoms. The van der Waals surface area contributed by atoms with Crippen LogP contribution in [0.5, 0.6) is 0 Å². The summed E-state index contributed by atoms with van der Waals surface area (Å²) in [5.41, 5.74) is 0. The van der Waals surface area contributed by atoms with Gasteiger partial charge in [-0.25, -0.2) is 4.79 Å². The minimum atomic E-state index is -1.02. The average Bonchev–Trinajstić information content (AvgIpc) is 3.12. The summed E-state index contributed by atoms with van der Waals surface area (Å²) in [5.74, 6) is -1.53. The molecule has 0 saturated carbocycles. The van der Waals surface area contributed by atoms with Crippen LogP contribution in [-0.4, -0.2) is 46.4 Å². The Morgan fingerprint density at radius 2 is 2.21 bits per heavy atom. The Labute approximate surface area is 145 Å². The van der Waals surface area contributed by atoms with Crippen molar-refractivity contribution in [2.24, 2.45) is 0 Å². The Hall–Kier alpha value is -1.89. The maximum atomic E-state index is 12.6. The fourth-order valence-corrected chi connectivity index (χ4v) is 3.60. The van der Waals surface area contributed by atoms with Crippen LogP contribution in [0.2, 0.25) is 0 Å². The topological polar surface area (TPSA) is 86.7 Å². The van der Waals surface area contributed by atoms with Crippen LogP contribution in [0, 0.1) is 0 Å². The van der Waals surface area contributed by atoms with Crippen molar-refractivity contribution in [1.82, 2.24) is 10.2 Å². The second kappa shape index (κ2) is 8.82. The molecule has 0 aliphatic carbocycles. The number of likely N-dealkylation sites (tertiary alicyclic amines) is 1. The molecule has 0 aromatic carbocycles. The maximum absolute atomic E-state index is 12.6. The summed E-state index contributed by atoms with van der Waals surface area (Å²) < 4.78 is 0. The van der Waals surface area contributed by atoms with E-state index in [1.165, 1.54) is 11.3 Å². The molecule has 1 aliphatic heterocycles. The number of carbonyl (C=O) groups excluding carboxylic acids is 2. The number of nitrogens with one attached hydrogen (secondary N) is 1. The van der Waals surface area contributed by atoms with Crippen molar-refractivity contribution in [3.05, 3.63) is 22.4 Å². The first-order valence-corrected chi connectivity index (χ1v) is 9.30. The van der Waals surface area contributed by atoms with Crippen molar-refractivity contribution >= 4 is 29.1 Å². The van der Waals surface area contributed by atoms with Gasteiger partial charge in [-0.15, -0.1) is 11.3 Å². The van der Waals surface area contributed by atoms with Gasteiger partial charge < -0.3 is 15.3 Å². The molecule has 1 fully saturated rings. The van der Waals surface area contributed by atoms with Crippen molar-refractivity contribution < 1.29 is 19.5 Å². The van der Waals surface area contributed by atoms with E-state index in [0.29, 0.717) is 24.3 Å². The SMILES string of the molecule is CCCC[C@H](NC(=O)C1CCCCN1C(=O)c1cccs1)C(=O)O.